The first-order valence-corrected chi connectivity index (χ1v) is 8.97. The van der Waals surface area contributed by atoms with Crippen LogP contribution in [0.15, 0.2) is 84.9 Å². The van der Waals surface area contributed by atoms with Crippen LogP contribution in [-0.4, -0.2) is 18.3 Å². The second kappa shape index (κ2) is 9.33. The molecule has 0 aromatic heterocycles. The van der Waals surface area contributed by atoms with Crippen molar-refractivity contribution >= 4 is 23.5 Å². The van der Waals surface area contributed by atoms with Crippen LogP contribution in [0, 0.1) is 6.92 Å². The van der Waals surface area contributed by atoms with Gasteiger partial charge in [-0.3, -0.25) is 9.59 Å². The summed E-state index contributed by atoms with van der Waals surface area (Å²) in [7, 11) is 0. The molecular weight excluding hydrogens is 350 g/mol. The number of carbonyl (C=O) groups is 2. The van der Waals surface area contributed by atoms with Crippen LogP contribution in [0.3, 0.4) is 0 Å². The molecule has 140 valence electrons. The second-order valence-electron chi connectivity index (χ2n) is 6.29. The molecule has 0 saturated carbocycles. The lowest BCUT2D eigenvalue weighted by atomic mass is 10.1. The van der Waals surface area contributed by atoms with E-state index in [1.165, 1.54) is 0 Å². The Kier molecular flexibility index (Phi) is 6.37. The van der Waals surface area contributed by atoms with Crippen molar-refractivity contribution in [2.24, 2.45) is 0 Å². The highest BCUT2D eigenvalue weighted by molar-refractivity contribution is 6.06. The number of rotatable bonds is 7. The fourth-order valence-corrected chi connectivity index (χ4v) is 2.61. The van der Waals surface area contributed by atoms with Crippen LogP contribution in [0.5, 0.6) is 5.75 Å². The van der Waals surface area contributed by atoms with Crippen molar-refractivity contribution in [2.75, 3.05) is 11.9 Å². The number of hydrogen-bond donors (Lipinski definition) is 1. The minimum Gasteiger partial charge on any atom is -0.483 e. The fourth-order valence-electron chi connectivity index (χ4n) is 2.61. The predicted octanol–water partition coefficient (Wildman–Crippen LogP) is 4.91. The quantitative estimate of drug-likeness (QED) is 0.474. The molecule has 0 aliphatic rings. The van der Waals surface area contributed by atoms with Crippen LogP contribution in [0.4, 0.5) is 5.69 Å². The smallest absolute Gasteiger partial charge is 0.262 e. The summed E-state index contributed by atoms with van der Waals surface area (Å²) >= 11 is 0. The Balaban J connectivity index is 1.52. The molecule has 0 saturated heterocycles. The number of hydrogen-bond acceptors (Lipinski definition) is 3. The Morgan fingerprint density at radius 2 is 1.57 bits per heavy atom. The van der Waals surface area contributed by atoms with Gasteiger partial charge in [-0.1, -0.05) is 66.7 Å². The molecule has 0 radical (unpaired) electrons. The number of ether oxygens (including phenoxy) is 1. The molecule has 4 nitrogen and oxygen atoms in total. The zero-order valence-electron chi connectivity index (χ0n) is 15.6. The maximum atomic E-state index is 12.1. The van der Waals surface area contributed by atoms with Crippen LogP contribution in [0.25, 0.3) is 6.08 Å². The molecule has 3 aromatic carbocycles. The Bertz CT molecular complexity index is 976. The van der Waals surface area contributed by atoms with Crippen LogP contribution in [0.1, 0.15) is 21.5 Å². The number of nitrogens with one attached hydrogen (secondary N) is 1. The van der Waals surface area contributed by atoms with Gasteiger partial charge in [0.05, 0.1) is 0 Å². The van der Waals surface area contributed by atoms with E-state index in [4.69, 9.17) is 4.74 Å². The van der Waals surface area contributed by atoms with E-state index in [-0.39, 0.29) is 18.3 Å². The molecule has 1 amide bonds. The van der Waals surface area contributed by atoms with Crippen molar-refractivity contribution in [1.82, 2.24) is 0 Å². The normalized spacial score (nSPS) is 10.6. The van der Waals surface area contributed by atoms with E-state index in [0.29, 0.717) is 17.0 Å². The number of para-hydroxylation sites is 1. The summed E-state index contributed by atoms with van der Waals surface area (Å²) in [5.41, 5.74) is 3.18. The van der Waals surface area contributed by atoms with Crippen molar-refractivity contribution in [3.63, 3.8) is 0 Å². The molecule has 0 unspecified atom stereocenters. The molecule has 0 aliphatic carbocycles. The first-order valence-electron chi connectivity index (χ1n) is 8.97. The van der Waals surface area contributed by atoms with Crippen LogP contribution in [-0.2, 0) is 4.79 Å². The van der Waals surface area contributed by atoms with Crippen LogP contribution >= 0.6 is 0 Å². The molecule has 28 heavy (non-hydrogen) atoms. The topological polar surface area (TPSA) is 55.4 Å². The second-order valence-corrected chi connectivity index (χ2v) is 6.29. The molecule has 0 bridgehead atoms. The van der Waals surface area contributed by atoms with Gasteiger partial charge in [0.1, 0.15) is 5.75 Å². The average Bonchev–Trinajstić information content (AvgIpc) is 2.73. The number of aryl methyl sites for hydroxylation is 1. The van der Waals surface area contributed by atoms with Gasteiger partial charge in [0.25, 0.3) is 5.91 Å². The third-order valence-electron chi connectivity index (χ3n) is 4.13. The van der Waals surface area contributed by atoms with E-state index in [1.807, 2.05) is 61.5 Å². The molecule has 3 aromatic rings. The predicted molar refractivity (Wildman–Crippen MR) is 112 cm³/mol. The summed E-state index contributed by atoms with van der Waals surface area (Å²) in [6, 6.07) is 23.9. The van der Waals surface area contributed by atoms with Crippen molar-refractivity contribution in [3.05, 3.63) is 102 Å². The SMILES string of the molecule is Cc1ccccc1OCC(=O)Nc1ccc(C=CC(=O)c2ccccc2)cc1. The standard InChI is InChI=1S/C24H21NO3/c1-18-7-5-6-10-23(18)28-17-24(27)25-21-14-11-19(12-15-21)13-16-22(26)20-8-3-2-4-9-20/h2-16H,17H2,1H3,(H,25,27). The third-order valence-corrected chi connectivity index (χ3v) is 4.13. The van der Waals surface area contributed by atoms with Gasteiger partial charge in [0, 0.05) is 11.3 Å². The Hall–Kier alpha value is -3.66. The minimum absolute atomic E-state index is 0.0497. The van der Waals surface area contributed by atoms with Gasteiger partial charge in [-0.05, 0) is 42.3 Å². The van der Waals surface area contributed by atoms with E-state index in [1.54, 1.807) is 36.4 Å². The van der Waals surface area contributed by atoms with Crippen molar-refractivity contribution < 1.29 is 14.3 Å². The Morgan fingerprint density at radius 3 is 2.29 bits per heavy atom. The summed E-state index contributed by atoms with van der Waals surface area (Å²) in [4.78, 5) is 24.1. The lowest BCUT2D eigenvalue weighted by Crippen LogP contribution is -2.20. The summed E-state index contributed by atoms with van der Waals surface area (Å²) in [5.74, 6) is 0.415. The van der Waals surface area contributed by atoms with Gasteiger partial charge in [-0.15, -0.1) is 0 Å². The number of amides is 1. The lowest BCUT2D eigenvalue weighted by molar-refractivity contribution is -0.118. The van der Waals surface area contributed by atoms with Gasteiger partial charge >= 0.3 is 0 Å². The fraction of sp³-hybridized carbons (Fsp3) is 0.0833. The molecule has 0 aliphatic heterocycles. The highest BCUT2D eigenvalue weighted by atomic mass is 16.5. The molecule has 0 atom stereocenters. The zero-order chi connectivity index (χ0) is 19.8. The van der Waals surface area contributed by atoms with Gasteiger partial charge in [0.15, 0.2) is 12.4 Å². The van der Waals surface area contributed by atoms with E-state index in [2.05, 4.69) is 5.32 Å². The van der Waals surface area contributed by atoms with Gasteiger partial charge < -0.3 is 10.1 Å². The van der Waals surface area contributed by atoms with Crippen molar-refractivity contribution in [2.45, 2.75) is 6.92 Å². The first kappa shape index (κ1) is 19.1. The zero-order valence-corrected chi connectivity index (χ0v) is 15.6. The molecule has 0 heterocycles. The minimum atomic E-state index is -0.231. The monoisotopic (exact) mass is 371 g/mol. The number of allylic oxidation sites excluding steroid dienone is 1. The maximum Gasteiger partial charge on any atom is 0.262 e. The van der Waals surface area contributed by atoms with Gasteiger partial charge in [0.2, 0.25) is 0 Å². The lowest BCUT2D eigenvalue weighted by Gasteiger charge is -2.09. The molecule has 0 fully saturated rings. The maximum absolute atomic E-state index is 12.1. The molecule has 1 N–H and O–H groups in total. The molecule has 4 heteroatoms. The number of anilines is 1. The third kappa shape index (κ3) is 5.42. The molecular formula is C24H21NO3. The largest absolute Gasteiger partial charge is 0.483 e. The van der Waals surface area contributed by atoms with Crippen LogP contribution < -0.4 is 10.1 Å². The van der Waals surface area contributed by atoms with Crippen molar-refractivity contribution in [3.8, 4) is 5.75 Å². The van der Waals surface area contributed by atoms with Crippen LogP contribution in [0.2, 0.25) is 0 Å². The van der Waals surface area contributed by atoms with E-state index >= 15 is 0 Å². The van der Waals surface area contributed by atoms with Crippen molar-refractivity contribution in [1.29, 1.82) is 0 Å². The summed E-state index contributed by atoms with van der Waals surface area (Å²) < 4.78 is 5.54. The Labute approximate surface area is 164 Å². The van der Waals surface area contributed by atoms with E-state index < -0.39 is 0 Å². The summed E-state index contributed by atoms with van der Waals surface area (Å²) in [5, 5.41) is 2.79. The summed E-state index contributed by atoms with van der Waals surface area (Å²) in [6.07, 6.45) is 3.29. The average molecular weight is 371 g/mol. The van der Waals surface area contributed by atoms with Gasteiger partial charge in [-0.2, -0.15) is 0 Å². The number of carbonyl (C=O) groups excluding carboxylic acids is 2. The van der Waals surface area contributed by atoms with E-state index in [9.17, 15) is 9.59 Å². The first-order chi connectivity index (χ1) is 13.6. The number of benzene rings is 3. The highest BCUT2D eigenvalue weighted by Gasteiger charge is 2.05. The molecule has 3 rings (SSSR count). The van der Waals surface area contributed by atoms with E-state index in [0.717, 1.165) is 11.1 Å². The van der Waals surface area contributed by atoms with Gasteiger partial charge in [-0.25, -0.2) is 0 Å². The summed E-state index contributed by atoms with van der Waals surface area (Å²) in [6.45, 7) is 1.88. The molecule has 0 spiro atoms. The Morgan fingerprint density at radius 1 is 0.893 bits per heavy atom. The highest BCUT2D eigenvalue weighted by Crippen LogP contribution is 2.16. The number of ketones is 1.